The predicted molar refractivity (Wildman–Crippen MR) is 105 cm³/mol. The van der Waals surface area contributed by atoms with E-state index in [4.69, 9.17) is 21.1 Å². The number of aromatic nitrogens is 1. The second kappa shape index (κ2) is 8.61. The summed E-state index contributed by atoms with van der Waals surface area (Å²) in [6.07, 6.45) is 5.40. The molecular formula is C21H25ClN2O3. The number of hydrogen-bond donors (Lipinski definition) is 1. The molecule has 2 aromatic rings. The molecule has 0 aliphatic heterocycles. The van der Waals surface area contributed by atoms with Gasteiger partial charge in [0.05, 0.1) is 0 Å². The van der Waals surface area contributed by atoms with E-state index in [1.54, 1.807) is 44.3 Å². The Balaban J connectivity index is 1.47. The molecule has 1 fully saturated rings. The lowest BCUT2D eigenvalue weighted by atomic mass is 9.92. The van der Waals surface area contributed by atoms with Crippen molar-refractivity contribution in [2.24, 2.45) is 0 Å². The molecule has 5 nitrogen and oxygen atoms in total. The van der Waals surface area contributed by atoms with Crippen LogP contribution in [0.15, 0.2) is 48.7 Å². The molecule has 1 saturated carbocycles. The Labute approximate surface area is 165 Å². The highest BCUT2D eigenvalue weighted by Crippen LogP contribution is 2.25. The third-order valence-corrected chi connectivity index (χ3v) is 4.92. The van der Waals surface area contributed by atoms with E-state index in [9.17, 15) is 4.79 Å². The van der Waals surface area contributed by atoms with Crippen LogP contribution in [0.5, 0.6) is 11.6 Å². The first kappa shape index (κ1) is 19.5. The third-order valence-electron chi connectivity index (χ3n) is 4.67. The van der Waals surface area contributed by atoms with Crippen LogP contribution < -0.4 is 14.8 Å². The first-order valence-electron chi connectivity index (χ1n) is 9.25. The molecule has 1 aromatic heterocycles. The zero-order valence-corrected chi connectivity index (χ0v) is 16.4. The van der Waals surface area contributed by atoms with Gasteiger partial charge >= 0.3 is 0 Å². The van der Waals surface area contributed by atoms with Gasteiger partial charge in [-0.3, -0.25) is 4.79 Å². The maximum atomic E-state index is 12.7. The average molecular weight is 389 g/mol. The summed E-state index contributed by atoms with van der Waals surface area (Å²) in [7, 11) is 0. The van der Waals surface area contributed by atoms with E-state index in [0.717, 1.165) is 25.7 Å². The van der Waals surface area contributed by atoms with E-state index in [1.807, 2.05) is 18.2 Å². The largest absolute Gasteiger partial charge is 0.478 e. The molecule has 144 valence electrons. The van der Waals surface area contributed by atoms with Crippen molar-refractivity contribution >= 4 is 17.5 Å². The second-order valence-electron chi connectivity index (χ2n) is 7.30. The fraction of sp³-hybridized carbons (Fsp3) is 0.429. The van der Waals surface area contributed by atoms with Crippen LogP contribution in [0.3, 0.4) is 0 Å². The van der Waals surface area contributed by atoms with Crippen LogP contribution in [0.25, 0.3) is 0 Å². The van der Waals surface area contributed by atoms with Crippen molar-refractivity contribution in [2.75, 3.05) is 0 Å². The second-order valence-corrected chi connectivity index (χ2v) is 7.74. The van der Waals surface area contributed by atoms with Crippen molar-refractivity contribution in [3.63, 3.8) is 0 Å². The molecule has 1 aliphatic rings. The molecule has 6 heteroatoms. The average Bonchev–Trinajstić information content (AvgIpc) is 2.66. The Bertz CT molecular complexity index is 742. The van der Waals surface area contributed by atoms with Gasteiger partial charge in [-0.15, -0.1) is 0 Å². The fourth-order valence-electron chi connectivity index (χ4n) is 3.12. The molecule has 1 aliphatic carbocycles. The Morgan fingerprint density at radius 1 is 1.11 bits per heavy atom. The number of amides is 1. The van der Waals surface area contributed by atoms with Gasteiger partial charge in [0.15, 0.2) is 5.60 Å². The Morgan fingerprint density at radius 2 is 1.81 bits per heavy atom. The number of rotatable bonds is 6. The fourth-order valence-corrected chi connectivity index (χ4v) is 3.24. The monoisotopic (exact) mass is 388 g/mol. The van der Waals surface area contributed by atoms with Crippen LogP contribution in [-0.2, 0) is 4.79 Å². The lowest BCUT2D eigenvalue weighted by Gasteiger charge is -2.32. The van der Waals surface area contributed by atoms with Gasteiger partial charge < -0.3 is 14.8 Å². The molecule has 0 spiro atoms. The highest BCUT2D eigenvalue weighted by atomic mass is 35.5. The van der Waals surface area contributed by atoms with Crippen molar-refractivity contribution in [1.82, 2.24) is 10.3 Å². The first-order chi connectivity index (χ1) is 12.9. The summed E-state index contributed by atoms with van der Waals surface area (Å²) in [5, 5.41) is 3.75. The number of nitrogens with zero attached hydrogens (tertiary/aromatic N) is 1. The number of halogens is 1. The van der Waals surface area contributed by atoms with Crippen molar-refractivity contribution in [3.05, 3.63) is 53.7 Å². The van der Waals surface area contributed by atoms with Crippen LogP contribution in [0.2, 0.25) is 5.02 Å². The Morgan fingerprint density at radius 3 is 2.44 bits per heavy atom. The van der Waals surface area contributed by atoms with E-state index >= 15 is 0 Å². The van der Waals surface area contributed by atoms with Gasteiger partial charge in [-0.05, 0) is 69.9 Å². The molecule has 1 N–H and O–H groups in total. The van der Waals surface area contributed by atoms with E-state index in [1.165, 1.54) is 0 Å². The summed E-state index contributed by atoms with van der Waals surface area (Å²) in [4.78, 5) is 16.9. The maximum absolute atomic E-state index is 12.7. The normalized spacial score (nSPS) is 20.0. The SMILES string of the molecule is CC(C)(Oc1ccc(Cl)cc1)C(=O)NC1CCC(Oc2ccccn2)CC1. The summed E-state index contributed by atoms with van der Waals surface area (Å²) in [6.45, 7) is 3.54. The number of hydrogen-bond acceptors (Lipinski definition) is 4. The zero-order chi connectivity index (χ0) is 19.3. The highest BCUT2D eigenvalue weighted by Gasteiger charge is 2.33. The minimum atomic E-state index is -0.963. The molecule has 1 amide bonds. The Hall–Kier alpha value is -2.27. The molecule has 27 heavy (non-hydrogen) atoms. The van der Waals surface area contributed by atoms with Crippen LogP contribution >= 0.6 is 11.6 Å². The van der Waals surface area contributed by atoms with Gasteiger partial charge in [0.1, 0.15) is 11.9 Å². The summed E-state index contributed by atoms with van der Waals surface area (Å²) < 4.78 is 11.8. The molecule has 0 radical (unpaired) electrons. The maximum Gasteiger partial charge on any atom is 0.263 e. The van der Waals surface area contributed by atoms with Gasteiger partial charge in [0, 0.05) is 23.3 Å². The molecular weight excluding hydrogens is 364 g/mol. The first-order valence-corrected chi connectivity index (χ1v) is 9.63. The molecule has 1 aromatic carbocycles. The molecule has 0 atom stereocenters. The molecule has 3 rings (SSSR count). The van der Waals surface area contributed by atoms with Gasteiger partial charge in [-0.2, -0.15) is 0 Å². The molecule has 0 saturated heterocycles. The lowest BCUT2D eigenvalue weighted by Crippen LogP contribution is -2.51. The van der Waals surface area contributed by atoms with Crippen LogP contribution in [-0.4, -0.2) is 28.6 Å². The van der Waals surface area contributed by atoms with Gasteiger partial charge in [0.25, 0.3) is 5.91 Å². The van der Waals surface area contributed by atoms with Crippen molar-refractivity contribution in [2.45, 2.75) is 57.3 Å². The topological polar surface area (TPSA) is 60.5 Å². The lowest BCUT2D eigenvalue weighted by molar-refractivity contribution is -0.135. The summed E-state index contributed by atoms with van der Waals surface area (Å²) in [6, 6.07) is 12.8. The molecule has 1 heterocycles. The van der Waals surface area contributed by atoms with E-state index in [-0.39, 0.29) is 18.1 Å². The summed E-state index contributed by atoms with van der Waals surface area (Å²) >= 11 is 5.89. The van der Waals surface area contributed by atoms with Crippen molar-refractivity contribution < 1.29 is 14.3 Å². The van der Waals surface area contributed by atoms with Gasteiger partial charge in [-0.25, -0.2) is 4.98 Å². The van der Waals surface area contributed by atoms with Crippen molar-refractivity contribution in [3.8, 4) is 11.6 Å². The number of nitrogens with one attached hydrogen (secondary N) is 1. The minimum Gasteiger partial charge on any atom is -0.478 e. The van der Waals surface area contributed by atoms with E-state index < -0.39 is 5.60 Å². The third kappa shape index (κ3) is 5.60. The zero-order valence-electron chi connectivity index (χ0n) is 15.7. The van der Waals surface area contributed by atoms with E-state index in [0.29, 0.717) is 16.7 Å². The number of carbonyl (C=O) groups is 1. The van der Waals surface area contributed by atoms with Crippen molar-refractivity contribution in [1.29, 1.82) is 0 Å². The Kier molecular flexibility index (Phi) is 6.22. The molecule has 0 bridgehead atoms. The highest BCUT2D eigenvalue weighted by molar-refractivity contribution is 6.30. The van der Waals surface area contributed by atoms with Gasteiger partial charge in [-0.1, -0.05) is 17.7 Å². The quantitative estimate of drug-likeness (QED) is 0.796. The summed E-state index contributed by atoms with van der Waals surface area (Å²) in [5.41, 5.74) is -0.963. The van der Waals surface area contributed by atoms with Crippen LogP contribution in [0.1, 0.15) is 39.5 Å². The smallest absolute Gasteiger partial charge is 0.263 e. The standard InChI is InChI=1S/C21H25ClN2O3/c1-21(2,27-18-10-6-15(22)7-11-18)20(25)24-16-8-12-17(13-9-16)26-19-5-3-4-14-23-19/h3-7,10-11,14,16-17H,8-9,12-13H2,1-2H3,(H,24,25). The number of pyridine rings is 1. The van der Waals surface area contributed by atoms with Crippen LogP contribution in [0, 0.1) is 0 Å². The number of benzene rings is 1. The predicted octanol–water partition coefficient (Wildman–Crippen LogP) is 4.40. The summed E-state index contributed by atoms with van der Waals surface area (Å²) in [5.74, 6) is 1.15. The number of carbonyl (C=O) groups excluding carboxylic acids is 1. The van der Waals surface area contributed by atoms with E-state index in [2.05, 4.69) is 10.3 Å². The molecule has 0 unspecified atom stereocenters. The van der Waals surface area contributed by atoms with Crippen LogP contribution in [0.4, 0.5) is 0 Å². The minimum absolute atomic E-state index is 0.119. The van der Waals surface area contributed by atoms with Gasteiger partial charge in [0.2, 0.25) is 5.88 Å². The number of ether oxygens (including phenoxy) is 2.